The maximum absolute atomic E-state index is 13.7. The van der Waals surface area contributed by atoms with E-state index in [9.17, 15) is 39.0 Å². The Labute approximate surface area is 289 Å². The van der Waals surface area contributed by atoms with E-state index in [1.807, 2.05) is 13.8 Å². The average molecular weight is 702 g/mol. The molecule has 6 amide bonds. The lowest BCUT2D eigenvalue weighted by molar-refractivity contribution is -0.143. The molecule has 7 atom stereocenters. The number of aromatic nitrogens is 2. The van der Waals surface area contributed by atoms with Crippen molar-refractivity contribution in [3.63, 3.8) is 0 Å². The van der Waals surface area contributed by atoms with E-state index < -0.39 is 91.1 Å². The molecule has 0 bridgehead atoms. The maximum Gasteiger partial charge on any atom is 0.265 e. The van der Waals surface area contributed by atoms with Gasteiger partial charge in [-0.3, -0.25) is 38.9 Å². The fraction of sp³-hybridized carbons (Fsp3) is 0.531. The molecule has 1 aliphatic rings. The van der Waals surface area contributed by atoms with Crippen molar-refractivity contribution in [2.75, 3.05) is 13.2 Å². The number of carbonyl (C=O) groups excluding carboxylic acids is 6. The highest BCUT2D eigenvalue weighted by atomic mass is 16.7. The standard InChI is InChI=1S/C32H47N9O9/c1-17(2)10-22-31(48)40-27(19(4)42)32(49)34-14-25(43)37-23(11-20-8-6-5-7-9-20)30(47)39-24(12-21-13-33-16-35-21)29(46)36-18(3)28(45)41-50-15-26(44)38-22/h5-9,13,16-19,22-25,27,37,42-43H,10-12,14-15H2,1-4H3,(H,33,35)(H,34,49)(H,36,46)(H,38,44)(H,39,47)(H,40,48)(H,41,45)/t18-,19+,22-,23-,24-,25?,27-/m0/s1. The highest BCUT2D eigenvalue weighted by molar-refractivity contribution is 5.94. The summed E-state index contributed by atoms with van der Waals surface area (Å²) in [6, 6.07) is 2.75. The first-order valence-corrected chi connectivity index (χ1v) is 16.3. The summed E-state index contributed by atoms with van der Waals surface area (Å²) in [5, 5.41) is 36.6. The predicted molar refractivity (Wildman–Crippen MR) is 177 cm³/mol. The van der Waals surface area contributed by atoms with Crippen molar-refractivity contribution >= 4 is 35.4 Å². The summed E-state index contributed by atoms with van der Waals surface area (Å²) in [7, 11) is 0. The third kappa shape index (κ3) is 12.8. The van der Waals surface area contributed by atoms with Crippen LogP contribution in [0.2, 0.25) is 0 Å². The van der Waals surface area contributed by atoms with E-state index in [2.05, 4.69) is 47.3 Å². The van der Waals surface area contributed by atoms with Crippen LogP contribution in [0.4, 0.5) is 0 Å². The van der Waals surface area contributed by atoms with Crippen LogP contribution in [0, 0.1) is 5.92 Å². The van der Waals surface area contributed by atoms with Gasteiger partial charge in [-0.25, -0.2) is 10.5 Å². The van der Waals surface area contributed by atoms with Crippen LogP contribution >= 0.6 is 0 Å². The molecule has 1 saturated heterocycles. The minimum Gasteiger partial charge on any atom is -0.391 e. The monoisotopic (exact) mass is 701 g/mol. The number of aliphatic hydroxyl groups is 2. The van der Waals surface area contributed by atoms with Crippen LogP contribution in [0.15, 0.2) is 42.9 Å². The number of nitrogens with one attached hydrogen (secondary N) is 8. The Morgan fingerprint density at radius 3 is 2.16 bits per heavy atom. The average Bonchev–Trinajstić information content (AvgIpc) is 3.58. The van der Waals surface area contributed by atoms with Crippen molar-refractivity contribution in [2.45, 2.75) is 89.5 Å². The molecule has 1 aromatic heterocycles. The smallest absolute Gasteiger partial charge is 0.265 e. The lowest BCUT2D eigenvalue weighted by atomic mass is 10.0. The topological polar surface area (TPSA) is 265 Å². The zero-order valence-corrected chi connectivity index (χ0v) is 28.4. The molecule has 18 nitrogen and oxygen atoms in total. The van der Waals surface area contributed by atoms with Gasteiger partial charge in [-0.2, -0.15) is 0 Å². The zero-order chi connectivity index (χ0) is 36.8. The number of β-amino-alcohol motifs (C(OH)–C–C–N with tert-alkyl or cyclic N) is 1. The van der Waals surface area contributed by atoms with Crippen LogP contribution in [0.5, 0.6) is 0 Å². The molecule has 1 unspecified atom stereocenters. The number of aromatic amines is 1. The largest absolute Gasteiger partial charge is 0.391 e. The van der Waals surface area contributed by atoms with E-state index in [1.165, 1.54) is 26.4 Å². The summed E-state index contributed by atoms with van der Waals surface area (Å²) >= 11 is 0. The first-order chi connectivity index (χ1) is 23.7. The van der Waals surface area contributed by atoms with Crippen LogP contribution in [0.3, 0.4) is 0 Å². The normalized spacial score (nSPS) is 26.2. The Kier molecular flexibility index (Phi) is 15.3. The number of H-pyrrole nitrogens is 1. The van der Waals surface area contributed by atoms with E-state index in [1.54, 1.807) is 30.3 Å². The molecule has 0 aliphatic carbocycles. The van der Waals surface area contributed by atoms with Gasteiger partial charge < -0.3 is 41.8 Å². The molecule has 18 heteroatoms. The first kappa shape index (κ1) is 39.5. The fourth-order valence-corrected chi connectivity index (χ4v) is 5.01. The van der Waals surface area contributed by atoms with Crippen molar-refractivity contribution in [1.82, 2.24) is 47.3 Å². The highest BCUT2D eigenvalue weighted by Crippen LogP contribution is 2.08. The Bertz CT molecular complexity index is 1440. The van der Waals surface area contributed by atoms with E-state index in [-0.39, 0.29) is 25.2 Å². The van der Waals surface area contributed by atoms with E-state index in [0.717, 1.165) is 5.56 Å². The van der Waals surface area contributed by atoms with Gasteiger partial charge in [-0.05, 0) is 38.2 Å². The number of carbonyl (C=O) groups is 6. The van der Waals surface area contributed by atoms with Gasteiger partial charge in [0.05, 0.1) is 25.0 Å². The summed E-state index contributed by atoms with van der Waals surface area (Å²) in [6.45, 7) is 5.14. The number of hydrogen-bond acceptors (Lipinski definition) is 11. The SMILES string of the molecule is CC(C)C[C@@H]1NC(=O)CONC(=O)[C@H](C)NC(=O)[C@H](Cc2cnc[nH]2)NC(=O)[C@H](Cc2ccccc2)NC(O)CNC(=O)[C@H]([C@@H](C)O)NC1=O. The van der Waals surface area contributed by atoms with Gasteiger partial charge in [0.1, 0.15) is 30.4 Å². The number of hydrogen-bond donors (Lipinski definition) is 10. The molecule has 2 heterocycles. The molecule has 50 heavy (non-hydrogen) atoms. The minimum atomic E-state index is -1.50. The van der Waals surface area contributed by atoms with Gasteiger partial charge in [0.25, 0.3) is 5.91 Å². The summed E-state index contributed by atoms with van der Waals surface area (Å²) in [4.78, 5) is 90.7. The van der Waals surface area contributed by atoms with Crippen molar-refractivity contribution in [3.8, 4) is 0 Å². The lowest BCUT2D eigenvalue weighted by Gasteiger charge is -2.27. The van der Waals surface area contributed by atoms with E-state index in [0.29, 0.717) is 5.69 Å². The summed E-state index contributed by atoms with van der Waals surface area (Å²) in [5.74, 6) is -4.68. The molecule has 10 N–H and O–H groups in total. The first-order valence-electron chi connectivity index (χ1n) is 16.3. The van der Waals surface area contributed by atoms with Crippen LogP contribution in [0.1, 0.15) is 45.4 Å². The number of rotatable bonds is 7. The van der Waals surface area contributed by atoms with Gasteiger partial charge in [0.15, 0.2) is 6.61 Å². The number of amides is 6. The lowest BCUT2D eigenvalue weighted by Crippen LogP contribution is -2.60. The molecular weight excluding hydrogens is 654 g/mol. The second-order valence-corrected chi connectivity index (χ2v) is 12.5. The molecule has 0 radical (unpaired) electrons. The molecule has 1 aromatic carbocycles. The third-order valence-electron chi connectivity index (χ3n) is 7.62. The van der Waals surface area contributed by atoms with Crippen LogP contribution in [0.25, 0.3) is 0 Å². The zero-order valence-electron chi connectivity index (χ0n) is 28.4. The van der Waals surface area contributed by atoms with Gasteiger partial charge in [0.2, 0.25) is 29.5 Å². The number of hydroxylamine groups is 1. The summed E-state index contributed by atoms with van der Waals surface area (Å²) in [6.07, 6.45) is 0.187. The molecular formula is C32H47N9O9. The molecule has 0 saturated carbocycles. The van der Waals surface area contributed by atoms with Gasteiger partial charge in [0, 0.05) is 18.3 Å². The molecule has 2 aromatic rings. The van der Waals surface area contributed by atoms with Crippen molar-refractivity contribution < 1.29 is 43.8 Å². The Morgan fingerprint density at radius 2 is 1.52 bits per heavy atom. The molecule has 3 rings (SSSR count). The molecule has 0 spiro atoms. The fourth-order valence-electron chi connectivity index (χ4n) is 5.01. The Morgan fingerprint density at radius 1 is 0.840 bits per heavy atom. The third-order valence-corrected chi connectivity index (χ3v) is 7.62. The molecule has 274 valence electrons. The Balaban J connectivity index is 1.91. The van der Waals surface area contributed by atoms with Crippen LogP contribution < -0.4 is 37.4 Å². The minimum absolute atomic E-state index is 0.0384. The number of nitrogens with zero attached hydrogens (tertiary/aromatic N) is 1. The quantitative estimate of drug-likeness (QED) is 0.139. The predicted octanol–water partition coefficient (Wildman–Crippen LogP) is -2.96. The number of imidazole rings is 1. The van der Waals surface area contributed by atoms with Gasteiger partial charge >= 0.3 is 0 Å². The maximum atomic E-state index is 13.7. The molecule has 1 fully saturated rings. The van der Waals surface area contributed by atoms with Crippen molar-refractivity contribution in [1.29, 1.82) is 0 Å². The Hall–Kier alpha value is -4.91. The van der Waals surface area contributed by atoms with E-state index >= 15 is 0 Å². The highest BCUT2D eigenvalue weighted by Gasteiger charge is 2.32. The number of benzene rings is 1. The second kappa shape index (κ2) is 19.3. The van der Waals surface area contributed by atoms with Crippen molar-refractivity contribution in [3.05, 3.63) is 54.1 Å². The van der Waals surface area contributed by atoms with Gasteiger partial charge in [-0.1, -0.05) is 44.2 Å². The second-order valence-electron chi connectivity index (χ2n) is 12.5. The van der Waals surface area contributed by atoms with Crippen LogP contribution in [-0.4, -0.2) is 111 Å². The summed E-state index contributed by atoms with van der Waals surface area (Å²) in [5.41, 5.74) is 3.31. The van der Waals surface area contributed by atoms with Crippen LogP contribution in [-0.2, 0) is 46.4 Å². The van der Waals surface area contributed by atoms with Crippen molar-refractivity contribution in [2.24, 2.45) is 5.92 Å². The van der Waals surface area contributed by atoms with E-state index in [4.69, 9.17) is 4.84 Å². The number of aliphatic hydroxyl groups excluding tert-OH is 2. The summed E-state index contributed by atoms with van der Waals surface area (Å²) < 4.78 is 0. The van der Waals surface area contributed by atoms with Gasteiger partial charge in [-0.15, -0.1) is 0 Å². The molecule has 1 aliphatic heterocycles.